The summed E-state index contributed by atoms with van der Waals surface area (Å²) in [4.78, 5) is 77.2. The van der Waals surface area contributed by atoms with Gasteiger partial charge in [-0.05, 0) is 120 Å². The number of carbonyl (C=O) groups is 3. The third-order valence-electron chi connectivity index (χ3n) is 9.53. The molecule has 0 fully saturated rings. The van der Waals surface area contributed by atoms with Gasteiger partial charge < -0.3 is 20.8 Å². The van der Waals surface area contributed by atoms with E-state index in [9.17, 15) is 19.2 Å². The fourth-order valence-electron chi connectivity index (χ4n) is 6.44. The Kier molecular flexibility index (Phi) is 17.7. The van der Waals surface area contributed by atoms with Crippen LogP contribution in [0.3, 0.4) is 0 Å². The molecule has 2 aromatic carbocycles. The van der Waals surface area contributed by atoms with Gasteiger partial charge in [-0.25, -0.2) is 4.98 Å². The van der Waals surface area contributed by atoms with E-state index in [4.69, 9.17) is 38.8 Å². The van der Waals surface area contributed by atoms with E-state index in [0.717, 1.165) is 46.0 Å². The van der Waals surface area contributed by atoms with Gasteiger partial charge in [-0.2, -0.15) is 0 Å². The number of benzene rings is 2. The summed E-state index contributed by atoms with van der Waals surface area (Å²) in [5.41, 5.74) is 14.6. The number of thiazole rings is 1. The number of aliphatic carboxylic acids is 1. The van der Waals surface area contributed by atoms with Gasteiger partial charge in [0.2, 0.25) is 0 Å². The van der Waals surface area contributed by atoms with Gasteiger partial charge in [-0.1, -0.05) is 47.5 Å². The summed E-state index contributed by atoms with van der Waals surface area (Å²) in [6, 6.07) is 25.1. The molecule has 0 radical (unpaired) electrons. The van der Waals surface area contributed by atoms with E-state index in [1.807, 2.05) is 66.0 Å². The molecule has 0 aliphatic rings. The molecule has 5 aromatic heterocycles. The number of pyridine rings is 4. The summed E-state index contributed by atoms with van der Waals surface area (Å²) in [6.07, 6.45) is 12.4. The third kappa shape index (κ3) is 15.0. The molecule has 2 atom stereocenters. The normalized spacial score (nSPS) is 11.5. The molecule has 0 saturated carbocycles. The van der Waals surface area contributed by atoms with Gasteiger partial charge in [0.1, 0.15) is 5.78 Å². The number of aromatic amines is 2. The zero-order chi connectivity index (χ0) is 44.4. The first-order chi connectivity index (χ1) is 29.8. The lowest BCUT2D eigenvalue weighted by Gasteiger charge is -2.16. The summed E-state index contributed by atoms with van der Waals surface area (Å²) >= 11 is 13.7. The first-order valence-electron chi connectivity index (χ1n) is 19.4. The first-order valence-corrected chi connectivity index (χ1v) is 21.1. The maximum absolute atomic E-state index is 13.3. The fraction of sp³-hybridized carbons (Fsp3) is 0.191. The van der Waals surface area contributed by atoms with Gasteiger partial charge in [0.15, 0.2) is 5.78 Å². The number of halogens is 2. The van der Waals surface area contributed by atoms with Crippen molar-refractivity contribution in [2.24, 2.45) is 11.7 Å². The number of ketones is 2. The maximum Gasteiger partial charge on any atom is 0.300 e. The molecular weight excluding hydrogens is 848 g/mol. The largest absolute Gasteiger partial charge is 0.481 e. The Hall–Kier alpha value is -6.38. The highest BCUT2D eigenvalue weighted by Gasteiger charge is 2.22. The third-order valence-corrected chi connectivity index (χ3v) is 10.6. The van der Waals surface area contributed by atoms with Gasteiger partial charge in [-0.15, -0.1) is 11.3 Å². The van der Waals surface area contributed by atoms with Crippen LogP contribution in [0.2, 0.25) is 10.0 Å². The highest BCUT2D eigenvalue weighted by Crippen LogP contribution is 2.23. The van der Waals surface area contributed by atoms with Gasteiger partial charge in [0.25, 0.3) is 17.1 Å². The van der Waals surface area contributed by atoms with E-state index < -0.39 is 12.0 Å². The van der Waals surface area contributed by atoms with Crippen LogP contribution in [0, 0.1) is 5.92 Å². The Morgan fingerprint density at radius 3 is 1.66 bits per heavy atom. The number of carbonyl (C=O) groups excluding carboxylic acids is 2. The lowest BCUT2D eigenvalue weighted by Crippen LogP contribution is -2.35. The SMILES string of the molecule is CC(=O)O.N[C@@H](Cc1cccc(Cl)c1)C(=O)Cc1cc(-c2ccncc2)c[nH]c1=O.O=C(Cc1cc(-c2ccncc2)c[nH]c1=O)[C@@H](CCc1cscn1)Cc1cccc(Cl)c1. The second-order valence-corrected chi connectivity index (χ2v) is 15.8. The highest BCUT2D eigenvalue weighted by molar-refractivity contribution is 7.07. The van der Waals surface area contributed by atoms with Crippen molar-refractivity contribution in [3.63, 3.8) is 0 Å². The molecule has 7 aromatic rings. The van der Waals surface area contributed by atoms with Crippen LogP contribution < -0.4 is 16.9 Å². The second kappa shape index (κ2) is 23.6. The van der Waals surface area contributed by atoms with Crippen LogP contribution in [-0.4, -0.2) is 53.6 Å². The van der Waals surface area contributed by atoms with Gasteiger partial charge >= 0.3 is 0 Å². The van der Waals surface area contributed by atoms with Crippen molar-refractivity contribution < 1.29 is 19.5 Å². The molecule has 5 heterocycles. The number of carboxylic acids is 1. The van der Waals surface area contributed by atoms with Crippen LogP contribution in [0.1, 0.15) is 41.3 Å². The van der Waals surface area contributed by atoms with Crippen molar-refractivity contribution in [3.8, 4) is 22.3 Å². The topological polar surface area (TPSA) is 202 Å². The van der Waals surface area contributed by atoms with Crippen molar-refractivity contribution in [2.45, 2.75) is 51.5 Å². The number of nitrogens with zero attached hydrogens (tertiary/aromatic N) is 3. The van der Waals surface area contributed by atoms with Gasteiger partial charge in [0.05, 0.1) is 17.2 Å². The molecule has 7 rings (SSSR count). The van der Waals surface area contributed by atoms with E-state index in [1.165, 1.54) is 0 Å². The van der Waals surface area contributed by atoms with Crippen LogP contribution in [0.25, 0.3) is 22.3 Å². The summed E-state index contributed by atoms with van der Waals surface area (Å²) in [5.74, 6) is -1.22. The number of nitrogens with one attached hydrogen (secondary N) is 2. The van der Waals surface area contributed by atoms with Crippen molar-refractivity contribution >= 4 is 52.1 Å². The predicted molar refractivity (Wildman–Crippen MR) is 244 cm³/mol. The molecule has 0 unspecified atom stereocenters. The van der Waals surface area contributed by atoms with E-state index in [0.29, 0.717) is 46.9 Å². The molecule has 0 aliphatic heterocycles. The molecule has 0 spiro atoms. The minimum Gasteiger partial charge on any atom is -0.481 e. The van der Waals surface area contributed by atoms with E-state index in [1.54, 1.807) is 78.3 Å². The average Bonchev–Trinajstić information content (AvgIpc) is 3.78. The van der Waals surface area contributed by atoms with E-state index in [-0.39, 0.29) is 41.4 Å². The average molecular weight is 892 g/mol. The molecular formula is C47H44Cl2N6O6S. The number of rotatable bonds is 15. The molecule has 0 aliphatic carbocycles. The van der Waals surface area contributed by atoms with E-state index >= 15 is 0 Å². The number of nitrogens with two attached hydrogens (primary N) is 1. The lowest BCUT2D eigenvalue weighted by molar-refractivity contribution is -0.134. The Bertz CT molecular complexity index is 2670. The molecule has 0 bridgehead atoms. The maximum atomic E-state index is 13.3. The minimum atomic E-state index is -0.833. The quantitative estimate of drug-likeness (QED) is 0.0781. The Morgan fingerprint density at radius 2 is 1.19 bits per heavy atom. The number of carboxylic acid groups (broad SMARTS) is 1. The second-order valence-electron chi connectivity index (χ2n) is 14.3. The van der Waals surface area contributed by atoms with Crippen LogP contribution in [0.15, 0.2) is 143 Å². The molecule has 5 N–H and O–H groups in total. The minimum absolute atomic E-state index is 0.0179. The zero-order valence-electron chi connectivity index (χ0n) is 33.7. The van der Waals surface area contributed by atoms with Crippen molar-refractivity contribution in [1.82, 2.24) is 24.9 Å². The number of hydrogen-bond acceptors (Lipinski definition) is 10. The lowest BCUT2D eigenvalue weighted by atomic mass is 9.87. The summed E-state index contributed by atoms with van der Waals surface area (Å²) in [6.45, 7) is 1.08. The van der Waals surface area contributed by atoms with E-state index in [2.05, 4.69) is 24.9 Å². The Balaban J connectivity index is 0.000000220. The summed E-state index contributed by atoms with van der Waals surface area (Å²) in [5, 5.41) is 10.7. The Labute approximate surface area is 371 Å². The monoisotopic (exact) mass is 890 g/mol. The molecule has 62 heavy (non-hydrogen) atoms. The Morgan fingerprint density at radius 1 is 0.710 bits per heavy atom. The van der Waals surface area contributed by atoms with Crippen LogP contribution in [0.5, 0.6) is 0 Å². The molecule has 0 saturated heterocycles. The summed E-state index contributed by atoms with van der Waals surface area (Å²) in [7, 11) is 0. The van der Waals surface area contributed by atoms with Gasteiger partial charge in [0, 0.05) is 89.4 Å². The number of aryl methyl sites for hydroxylation is 1. The van der Waals surface area contributed by atoms with Crippen molar-refractivity contribution in [1.29, 1.82) is 0 Å². The van der Waals surface area contributed by atoms with Crippen molar-refractivity contribution in [2.75, 3.05) is 0 Å². The molecule has 0 amide bonds. The molecule has 12 nitrogen and oxygen atoms in total. The fourth-order valence-corrected chi connectivity index (χ4v) is 7.46. The van der Waals surface area contributed by atoms with Crippen molar-refractivity contribution in [3.05, 3.63) is 192 Å². The van der Waals surface area contributed by atoms with Gasteiger partial charge in [-0.3, -0.25) is 33.9 Å². The number of Topliss-reactive ketones (excluding diaryl/α,β-unsaturated/α-hetero) is 2. The molecule has 15 heteroatoms. The highest BCUT2D eigenvalue weighted by atomic mass is 35.5. The zero-order valence-corrected chi connectivity index (χ0v) is 36.0. The first kappa shape index (κ1) is 46.7. The summed E-state index contributed by atoms with van der Waals surface area (Å²) < 4.78 is 0. The standard InChI is InChI=1S/C25H22ClN3O2S.C20H18ClN3O2.C2H4O2/c26-22-3-1-2-17(11-22)10-19(4-5-23-15-32-16-29-23)24(30)13-20-12-21(14-28-25(20)31)18-6-8-27-9-7-18;21-17-3-1-2-13(8-17)9-18(22)19(25)11-15-10-16(12-24-20(15)26)14-4-6-23-7-5-14;1-2(3)4/h1-3,6-9,11-12,14-16,19H,4-5,10,13H2,(H,28,31);1-8,10,12,18H,9,11,22H2,(H,24,26);1H3,(H,3,4)/t19-;18-;/m00./s1. The smallest absolute Gasteiger partial charge is 0.300 e. The van der Waals surface area contributed by atoms with Crippen LogP contribution in [0.4, 0.5) is 0 Å². The van der Waals surface area contributed by atoms with Crippen LogP contribution >= 0.6 is 34.5 Å². The number of H-pyrrole nitrogens is 2. The predicted octanol–water partition coefficient (Wildman–Crippen LogP) is 8.01. The number of aromatic nitrogens is 5. The number of hydrogen-bond donors (Lipinski definition) is 4. The molecule has 318 valence electrons. The van der Waals surface area contributed by atoms with Crippen LogP contribution in [-0.2, 0) is 46.5 Å².